The van der Waals surface area contributed by atoms with Crippen molar-refractivity contribution < 1.29 is 4.79 Å². The van der Waals surface area contributed by atoms with Gasteiger partial charge in [-0.15, -0.1) is 0 Å². The molecule has 1 unspecified atom stereocenters. The van der Waals surface area contributed by atoms with Crippen LogP contribution in [0.1, 0.15) is 38.5 Å². The number of hydrogen-bond donors (Lipinski definition) is 2. The molecule has 2 aliphatic rings. The SMILES string of the molecule is O=C(NCCC1=CCCC=N1)C1CCCCN1. The van der Waals surface area contributed by atoms with Crippen LogP contribution in [-0.2, 0) is 4.79 Å². The molecule has 0 radical (unpaired) electrons. The molecule has 1 fully saturated rings. The Bertz CT molecular complexity index is 317. The second kappa shape index (κ2) is 6.55. The Morgan fingerprint density at radius 3 is 3.12 bits per heavy atom. The van der Waals surface area contributed by atoms with Crippen LogP contribution in [0.3, 0.4) is 0 Å². The molecule has 0 bridgehead atoms. The summed E-state index contributed by atoms with van der Waals surface area (Å²) >= 11 is 0. The van der Waals surface area contributed by atoms with Crippen LogP contribution in [0.4, 0.5) is 0 Å². The fourth-order valence-corrected chi connectivity index (χ4v) is 2.24. The fourth-order valence-electron chi connectivity index (χ4n) is 2.24. The number of nitrogens with one attached hydrogen (secondary N) is 2. The van der Waals surface area contributed by atoms with Crippen molar-refractivity contribution in [3.05, 3.63) is 11.8 Å². The molecule has 2 aliphatic heterocycles. The lowest BCUT2D eigenvalue weighted by Crippen LogP contribution is -2.46. The highest BCUT2D eigenvalue weighted by Gasteiger charge is 2.19. The molecule has 17 heavy (non-hydrogen) atoms. The third kappa shape index (κ3) is 3.97. The van der Waals surface area contributed by atoms with Gasteiger partial charge in [0.15, 0.2) is 0 Å². The van der Waals surface area contributed by atoms with Gasteiger partial charge < -0.3 is 10.6 Å². The van der Waals surface area contributed by atoms with Crippen LogP contribution >= 0.6 is 0 Å². The maximum Gasteiger partial charge on any atom is 0.237 e. The monoisotopic (exact) mass is 235 g/mol. The molecular formula is C13H21N3O. The van der Waals surface area contributed by atoms with Gasteiger partial charge in [-0.05, 0) is 32.2 Å². The van der Waals surface area contributed by atoms with Gasteiger partial charge in [0.05, 0.1) is 6.04 Å². The van der Waals surface area contributed by atoms with E-state index >= 15 is 0 Å². The number of carbonyl (C=O) groups excluding carboxylic acids is 1. The summed E-state index contributed by atoms with van der Waals surface area (Å²) in [5.41, 5.74) is 1.10. The Balaban J connectivity index is 1.65. The molecule has 0 spiro atoms. The Kier molecular flexibility index (Phi) is 4.74. The molecule has 2 rings (SSSR count). The number of hydrogen-bond acceptors (Lipinski definition) is 3. The van der Waals surface area contributed by atoms with Gasteiger partial charge >= 0.3 is 0 Å². The number of allylic oxidation sites excluding steroid dienone is 1. The molecule has 4 nitrogen and oxygen atoms in total. The second-order valence-electron chi connectivity index (χ2n) is 4.63. The van der Waals surface area contributed by atoms with E-state index in [1.807, 2.05) is 6.21 Å². The van der Waals surface area contributed by atoms with Gasteiger partial charge in [-0.3, -0.25) is 9.79 Å². The minimum absolute atomic E-state index is 0.0209. The largest absolute Gasteiger partial charge is 0.354 e. The number of nitrogens with zero attached hydrogens (tertiary/aromatic N) is 1. The highest BCUT2D eigenvalue weighted by atomic mass is 16.2. The lowest BCUT2D eigenvalue weighted by Gasteiger charge is -2.22. The average molecular weight is 235 g/mol. The molecule has 0 aromatic rings. The van der Waals surface area contributed by atoms with Gasteiger partial charge in [-0.2, -0.15) is 0 Å². The second-order valence-corrected chi connectivity index (χ2v) is 4.63. The third-order valence-corrected chi connectivity index (χ3v) is 3.24. The van der Waals surface area contributed by atoms with E-state index in [-0.39, 0.29) is 11.9 Å². The first kappa shape index (κ1) is 12.3. The van der Waals surface area contributed by atoms with Crippen molar-refractivity contribution in [2.45, 2.75) is 44.6 Å². The maximum atomic E-state index is 11.8. The molecule has 1 atom stereocenters. The van der Waals surface area contributed by atoms with Gasteiger partial charge in [-0.1, -0.05) is 12.5 Å². The predicted octanol–water partition coefficient (Wildman–Crippen LogP) is 1.38. The van der Waals surface area contributed by atoms with Crippen LogP contribution in [0.25, 0.3) is 0 Å². The van der Waals surface area contributed by atoms with Crippen LogP contribution < -0.4 is 10.6 Å². The van der Waals surface area contributed by atoms with Crippen molar-refractivity contribution in [3.8, 4) is 0 Å². The Labute approximate surface area is 103 Å². The van der Waals surface area contributed by atoms with Crippen LogP contribution in [-0.4, -0.2) is 31.3 Å². The molecule has 1 saturated heterocycles. The van der Waals surface area contributed by atoms with Gasteiger partial charge in [0.2, 0.25) is 5.91 Å². The quantitative estimate of drug-likeness (QED) is 0.773. The Hall–Kier alpha value is -1.16. The smallest absolute Gasteiger partial charge is 0.237 e. The van der Waals surface area contributed by atoms with Gasteiger partial charge in [0.25, 0.3) is 0 Å². The van der Waals surface area contributed by atoms with E-state index in [0.29, 0.717) is 6.54 Å². The molecule has 0 aromatic heterocycles. The van der Waals surface area contributed by atoms with E-state index in [9.17, 15) is 4.79 Å². The molecule has 2 N–H and O–H groups in total. The lowest BCUT2D eigenvalue weighted by molar-refractivity contribution is -0.123. The van der Waals surface area contributed by atoms with E-state index in [1.54, 1.807) is 0 Å². The van der Waals surface area contributed by atoms with Crippen molar-refractivity contribution in [1.82, 2.24) is 10.6 Å². The van der Waals surface area contributed by atoms with E-state index in [1.165, 1.54) is 6.42 Å². The molecule has 0 saturated carbocycles. The van der Waals surface area contributed by atoms with E-state index < -0.39 is 0 Å². The summed E-state index contributed by atoms with van der Waals surface area (Å²) in [7, 11) is 0. The summed E-state index contributed by atoms with van der Waals surface area (Å²) < 4.78 is 0. The zero-order valence-corrected chi connectivity index (χ0v) is 10.2. The molecule has 0 aliphatic carbocycles. The van der Waals surface area contributed by atoms with Crippen molar-refractivity contribution in [2.24, 2.45) is 4.99 Å². The van der Waals surface area contributed by atoms with Gasteiger partial charge in [0, 0.05) is 24.9 Å². The number of carbonyl (C=O) groups is 1. The molecule has 1 amide bonds. The number of amides is 1. The van der Waals surface area contributed by atoms with Gasteiger partial charge in [0.1, 0.15) is 0 Å². The summed E-state index contributed by atoms with van der Waals surface area (Å²) in [4.78, 5) is 16.1. The van der Waals surface area contributed by atoms with E-state index in [4.69, 9.17) is 0 Å². The maximum absolute atomic E-state index is 11.8. The van der Waals surface area contributed by atoms with Crippen LogP contribution in [0, 0.1) is 0 Å². The van der Waals surface area contributed by atoms with Gasteiger partial charge in [-0.25, -0.2) is 0 Å². The van der Waals surface area contributed by atoms with Crippen molar-refractivity contribution in [3.63, 3.8) is 0 Å². The van der Waals surface area contributed by atoms with E-state index in [2.05, 4.69) is 21.7 Å². The summed E-state index contributed by atoms with van der Waals surface area (Å²) in [6.07, 6.45) is 10.4. The fraction of sp³-hybridized carbons (Fsp3) is 0.692. The summed E-state index contributed by atoms with van der Waals surface area (Å²) in [5, 5.41) is 6.23. The predicted molar refractivity (Wildman–Crippen MR) is 69.1 cm³/mol. The first-order chi connectivity index (χ1) is 8.36. The molecule has 2 heterocycles. The first-order valence-corrected chi connectivity index (χ1v) is 6.59. The minimum atomic E-state index is 0.0209. The Morgan fingerprint density at radius 2 is 2.41 bits per heavy atom. The summed E-state index contributed by atoms with van der Waals surface area (Å²) in [6.45, 7) is 1.66. The molecule has 4 heteroatoms. The van der Waals surface area contributed by atoms with Crippen molar-refractivity contribution in [1.29, 1.82) is 0 Å². The average Bonchev–Trinajstić information content (AvgIpc) is 2.41. The highest BCUT2D eigenvalue weighted by Crippen LogP contribution is 2.10. The number of piperidine rings is 1. The topological polar surface area (TPSA) is 53.5 Å². The molecule has 94 valence electrons. The molecular weight excluding hydrogens is 214 g/mol. The summed E-state index contributed by atoms with van der Waals surface area (Å²) in [5.74, 6) is 0.144. The van der Waals surface area contributed by atoms with Crippen LogP contribution in [0.2, 0.25) is 0 Å². The van der Waals surface area contributed by atoms with Crippen molar-refractivity contribution in [2.75, 3.05) is 13.1 Å². The zero-order chi connectivity index (χ0) is 11.9. The summed E-state index contributed by atoms with van der Waals surface area (Å²) in [6, 6.07) is 0.0209. The highest BCUT2D eigenvalue weighted by molar-refractivity contribution is 5.81. The zero-order valence-electron chi connectivity index (χ0n) is 10.2. The minimum Gasteiger partial charge on any atom is -0.354 e. The number of rotatable bonds is 4. The normalized spacial score (nSPS) is 24.2. The number of aliphatic imine (C=N–C) groups is 1. The Morgan fingerprint density at radius 1 is 1.47 bits per heavy atom. The standard InChI is InChI=1S/C13H21N3O/c17-13(12-6-2-4-9-15-12)16-10-7-11-5-1-3-8-14-11/h5,8,12,15H,1-4,6-7,9-10H2,(H,16,17). The first-order valence-electron chi connectivity index (χ1n) is 6.59. The van der Waals surface area contributed by atoms with E-state index in [0.717, 1.165) is 44.3 Å². The molecule has 0 aromatic carbocycles. The van der Waals surface area contributed by atoms with Crippen LogP contribution in [0.15, 0.2) is 16.8 Å². The lowest BCUT2D eigenvalue weighted by atomic mass is 10.0. The third-order valence-electron chi connectivity index (χ3n) is 3.24. The van der Waals surface area contributed by atoms with Crippen LogP contribution in [0.5, 0.6) is 0 Å². The van der Waals surface area contributed by atoms with Crippen molar-refractivity contribution >= 4 is 12.1 Å².